The van der Waals surface area contributed by atoms with Crippen LogP contribution in [-0.4, -0.2) is 29.2 Å². The van der Waals surface area contributed by atoms with E-state index in [1.54, 1.807) is 17.0 Å². The molecule has 146 valence electrons. The lowest BCUT2D eigenvalue weighted by molar-refractivity contribution is -0.128. The highest BCUT2D eigenvalue weighted by atomic mass is 19.1. The average Bonchev–Trinajstić information content (AvgIpc) is 3.28. The molecule has 7 nitrogen and oxygen atoms in total. The third-order valence-electron chi connectivity index (χ3n) is 4.95. The van der Waals surface area contributed by atoms with Crippen LogP contribution in [0.5, 0.6) is 0 Å². The van der Waals surface area contributed by atoms with E-state index in [1.807, 2.05) is 0 Å². The molecule has 28 heavy (non-hydrogen) atoms. The van der Waals surface area contributed by atoms with Gasteiger partial charge in [0.1, 0.15) is 11.6 Å². The number of likely N-dealkylation sites (tertiary alicyclic amines) is 1. The minimum absolute atomic E-state index is 0.0386. The SMILES string of the molecule is O=C(Nc1ccc(F)c(NC(=O)C2CC2)c1)C1CC(=O)N(Cc2ccco2)C1. The first kappa shape index (κ1) is 18.2. The van der Waals surface area contributed by atoms with Gasteiger partial charge in [0.2, 0.25) is 17.7 Å². The zero-order valence-corrected chi connectivity index (χ0v) is 15.1. The molecule has 2 heterocycles. The molecule has 0 bridgehead atoms. The van der Waals surface area contributed by atoms with Crippen molar-refractivity contribution in [3.63, 3.8) is 0 Å². The van der Waals surface area contributed by atoms with E-state index in [-0.39, 0.29) is 42.3 Å². The van der Waals surface area contributed by atoms with Crippen LogP contribution in [0.3, 0.4) is 0 Å². The number of benzene rings is 1. The number of hydrogen-bond donors (Lipinski definition) is 2. The van der Waals surface area contributed by atoms with Gasteiger partial charge >= 0.3 is 0 Å². The Bertz CT molecular complexity index is 908. The van der Waals surface area contributed by atoms with Crippen molar-refractivity contribution in [2.45, 2.75) is 25.8 Å². The first-order chi connectivity index (χ1) is 13.5. The number of nitrogens with zero attached hydrogens (tertiary/aromatic N) is 1. The van der Waals surface area contributed by atoms with E-state index in [9.17, 15) is 18.8 Å². The van der Waals surface area contributed by atoms with Crippen molar-refractivity contribution in [2.75, 3.05) is 17.2 Å². The molecule has 2 aliphatic rings. The van der Waals surface area contributed by atoms with E-state index in [0.717, 1.165) is 12.8 Å². The van der Waals surface area contributed by atoms with E-state index < -0.39 is 11.7 Å². The minimum Gasteiger partial charge on any atom is -0.467 e. The molecule has 1 unspecified atom stereocenters. The van der Waals surface area contributed by atoms with Gasteiger partial charge in [-0.15, -0.1) is 0 Å². The number of furan rings is 1. The fourth-order valence-electron chi connectivity index (χ4n) is 3.21. The van der Waals surface area contributed by atoms with Crippen LogP contribution in [0, 0.1) is 17.7 Å². The Balaban J connectivity index is 1.38. The Morgan fingerprint density at radius 3 is 2.64 bits per heavy atom. The maximum atomic E-state index is 13.9. The van der Waals surface area contributed by atoms with Gasteiger partial charge in [-0.1, -0.05) is 0 Å². The van der Waals surface area contributed by atoms with Crippen LogP contribution < -0.4 is 10.6 Å². The molecule has 2 aromatic rings. The monoisotopic (exact) mass is 385 g/mol. The van der Waals surface area contributed by atoms with E-state index >= 15 is 0 Å². The summed E-state index contributed by atoms with van der Waals surface area (Å²) in [4.78, 5) is 38.2. The van der Waals surface area contributed by atoms with Crippen molar-refractivity contribution in [2.24, 2.45) is 11.8 Å². The number of amides is 3. The van der Waals surface area contributed by atoms with Crippen molar-refractivity contribution in [3.8, 4) is 0 Å². The molecule has 0 radical (unpaired) electrons. The number of halogens is 1. The highest BCUT2D eigenvalue weighted by molar-refractivity contribution is 5.98. The van der Waals surface area contributed by atoms with Gasteiger partial charge < -0.3 is 20.0 Å². The second kappa shape index (κ2) is 7.46. The molecule has 3 amide bonds. The number of carbonyl (C=O) groups is 3. The summed E-state index contributed by atoms with van der Waals surface area (Å²) in [7, 11) is 0. The Labute approximate surface area is 160 Å². The van der Waals surface area contributed by atoms with Crippen molar-refractivity contribution in [1.82, 2.24) is 4.90 Å². The van der Waals surface area contributed by atoms with Crippen LogP contribution in [0.15, 0.2) is 41.0 Å². The molecule has 2 N–H and O–H groups in total. The summed E-state index contributed by atoms with van der Waals surface area (Å²) in [6.07, 6.45) is 3.27. The molecular weight excluding hydrogens is 365 g/mol. The van der Waals surface area contributed by atoms with Gasteiger partial charge in [0.05, 0.1) is 24.4 Å². The lowest BCUT2D eigenvalue weighted by atomic mass is 10.1. The van der Waals surface area contributed by atoms with E-state index in [4.69, 9.17) is 4.42 Å². The maximum absolute atomic E-state index is 13.9. The van der Waals surface area contributed by atoms with Crippen LogP contribution in [-0.2, 0) is 20.9 Å². The highest BCUT2D eigenvalue weighted by Gasteiger charge is 2.35. The largest absolute Gasteiger partial charge is 0.467 e. The van der Waals surface area contributed by atoms with Crippen molar-refractivity contribution in [1.29, 1.82) is 0 Å². The summed E-state index contributed by atoms with van der Waals surface area (Å²) >= 11 is 0. The summed E-state index contributed by atoms with van der Waals surface area (Å²) in [5.41, 5.74) is 0.408. The van der Waals surface area contributed by atoms with Gasteiger partial charge in [-0.25, -0.2) is 4.39 Å². The molecular formula is C20H20FN3O4. The topological polar surface area (TPSA) is 91.7 Å². The van der Waals surface area contributed by atoms with E-state index in [2.05, 4.69) is 10.6 Å². The smallest absolute Gasteiger partial charge is 0.229 e. The molecule has 1 saturated heterocycles. The summed E-state index contributed by atoms with van der Waals surface area (Å²) < 4.78 is 19.2. The first-order valence-corrected chi connectivity index (χ1v) is 9.21. The van der Waals surface area contributed by atoms with E-state index in [0.29, 0.717) is 18.0 Å². The Hall–Kier alpha value is -3.16. The normalized spacial score (nSPS) is 19.0. The molecule has 1 aliphatic carbocycles. The molecule has 4 rings (SSSR count). The van der Waals surface area contributed by atoms with Gasteiger partial charge in [0.25, 0.3) is 0 Å². The lowest BCUT2D eigenvalue weighted by Gasteiger charge is -2.15. The molecule has 1 atom stereocenters. The summed E-state index contributed by atoms with van der Waals surface area (Å²) in [5, 5.41) is 5.27. The molecule has 1 aromatic heterocycles. The average molecular weight is 385 g/mol. The maximum Gasteiger partial charge on any atom is 0.229 e. The van der Waals surface area contributed by atoms with Gasteiger partial charge in [0, 0.05) is 24.6 Å². The molecule has 1 aromatic carbocycles. The second-order valence-electron chi connectivity index (χ2n) is 7.20. The summed E-state index contributed by atoms with van der Waals surface area (Å²) in [5.74, 6) is -1.11. The zero-order valence-electron chi connectivity index (χ0n) is 15.1. The standard InChI is InChI=1S/C20H20FN3O4/c21-16-6-5-14(9-17(16)23-19(26)12-3-4-12)22-20(27)13-8-18(25)24(10-13)11-15-2-1-7-28-15/h1-2,5-7,9,12-13H,3-4,8,10-11H2,(H,22,27)(H,23,26). The lowest BCUT2D eigenvalue weighted by Crippen LogP contribution is -2.28. The predicted octanol–water partition coefficient (Wildman–Crippen LogP) is 2.75. The highest BCUT2D eigenvalue weighted by Crippen LogP contribution is 2.31. The molecule has 0 spiro atoms. The van der Waals surface area contributed by atoms with Crippen LogP contribution in [0.2, 0.25) is 0 Å². The number of anilines is 2. The predicted molar refractivity (Wildman–Crippen MR) is 98.6 cm³/mol. The molecule has 8 heteroatoms. The Morgan fingerprint density at radius 2 is 1.93 bits per heavy atom. The van der Waals surface area contributed by atoms with Gasteiger partial charge in [-0.2, -0.15) is 0 Å². The third kappa shape index (κ3) is 4.05. The van der Waals surface area contributed by atoms with Gasteiger partial charge in [0.15, 0.2) is 0 Å². The Morgan fingerprint density at radius 1 is 1.14 bits per heavy atom. The van der Waals surface area contributed by atoms with Gasteiger partial charge in [-0.05, 0) is 43.2 Å². The van der Waals surface area contributed by atoms with Crippen LogP contribution in [0.25, 0.3) is 0 Å². The van der Waals surface area contributed by atoms with Crippen molar-refractivity contribution < 1.29 is 23.2 Å². The zero-order chi connectivity index (χ0) is 19.7. The van der Waals surface area contributed by atoms with Crippen molar-refractivity contribution in [3.05, 3.63) is 48.2 Å². The van der Waals surface area contributed by atoms with Crippen LogP contribution in [0.4, 0.5) is 15.8 Å². The van der Waals surface area contributed by atoms with Gasteiger partial charge in [-0.3, -0.25) is 14.4 Å². The number of hydrogen-bond acceptors (Lipinski definition) is 4. The number of rotatable bonds is 6. The molecule has 1 saturated carbocycles. The Kier molecular flexibility index (Phi) is 4.85. The summed E-state index contributed by atoms with van der Waals surface area (Å²) in [6, 6.07) is 7.54. The van der Waals surface area contributed by atoms with Crippen LogP contribution in [0.1, 0.15) is 25.0 Å². The molecule has 2 fully saturated rings. The van der Waals surface area contributed by atoms with Crippen LogP contribution >= 0.6 is 0 Å². The second-order valence-corrected chi connectivity index (χ2v) is 7.20. The molecule has 1 aliphatic heterocycles. The van der Waals surface area contributed by atoms with E-state index in [1.165, 1.54) is 24.5 Å². The third-order valence-corrected chi connectivity index (χ3v) is 4.95. The fourth-order valence-corrected chi connectivity index (χ4v) is 3.21. The summed E-state index contributed by atoms with van der Waals surface area (Å²) in [6.45, 7) is 0.612. The number of carbonyl (C=O) groups excluding carboxylic acids is 3. The van der Waals surface area contributed by atoms with Crippen molar-refractivity contribution >= 4 is 29.1 Å². The minimum atomic E-state index is -0.562. The fraction of sp³-hybridized carbons (Fsp3) is 0.350. The first-order valence-electron chi connectivity index (χ1n) is 9.21. The number of nitrogens with one attached hydrogen (secondary N) is 2. The quantitative estimate of drug-likeness (QED) is 0.800.